The zero-order valence-corrected chi connectivity index (χ0v) is 13.5. The number of ether oxygens (including phenoxy) is 1. The van der Waals surface area contributed by atoms with Crippen molar-refractivity contribution < 1.29 is 26.4 Å². The van der Waals surface area contributed by atoms with Gasteiger partial charge in [-0.25, -0.2) is 22.6 Å². The molecule has 1 aliphatic rings. The quantitative estimate of drug-likeness (QED) is 0.533. The fourth-order valence-electron chi connectivity index (χ4n) is 2.12. The third-order valence-corrected chi connectivity index (χ3v) is 5.65. The lowest BCUT2D eigenvalue weighted by Crippen LogP contribution is -2.45. The number of rotatable bonds is 7. The molecule has 1 fully saturated rings. The molecule has 0 aromatic carbocycles. The Labute approximate surface area is 125 Å². The molecule has 1 heterocycles. The summed E-state index contributed by atoms with van der Waals surface area (Å²) in [6.45, 7) is 0.684. The fraction of sp³-hybridized carbons (Fsp3) is 0.900. The summed E-state index contributed by atoms with van der Waals surface area (Å²) in [5, 5.41) is 4.85. The van der Waals surface area contributed by atoms with E-state index in [9.17, 15) is 21.6 Å². The van der Waals surface area contributed by atoms with Crippen LogP contribution in [-0.2, 0) is 29.8 Å². The van der Waals surface area contributed by atoms with Gasteiger partial charge in [0.05, 0.1) is 19.3 Å². The van der Waals surface area contributed by atoms with Crippen LogP contribution in [0.4, 0.5) is 0 Å². The lowest BCUT2D eigenvalue weighted by Gasteiger charge is -2.31. The number of sulfonamides is 1. The van der Waals surface area contributed by atoms with Crippen molar-refractivity contribution in [2.24, 2.45) is 11.1 Å². The number of carbonyl (C=O) groups excluding carboxylic acids is 1. The van der Waals surface area contributed by atoms with Crippen molar-refractivity contribution >= 4 is 26.2 Å². The van der Waals surface area contributed by atoms with Crippen LogP contribution in [0.15, 0.2) is 0 Å². The monoisotopic (exact) mass is 343 g/mol. The van der Waals surface area contributed by atoms with Crippen LogP contribution in [0.3, 0.4) is 0 Å². The molecule has 21 heavy (non-hydrogen) atoms. The number of carbonyl (C=O) groups is 1. The molecule has 9 nitrogen and oxygen atoms in total. The molecular weight excluding hydrogens is 322 g/mol. The molecule has 0 amide bonds. The van der Waals surface area contributed by atoms with Crippen molar-refractivity contribution in [3.8, 4) is 0 Å². The molecule has 0 aliphatic carbocycles. The van der Waals surface area contributed by atoms with Gasteiger partial charge < -0.3 is 4.74 Å². The molecule has 0 aromatic rings. The van der Waals surface area contributed by atoms with Gasteiger partial charge in [-0.1, -0.05) is 0 Å². The Morgan fingerprint density at radius 2 is 2.05 bits per heavy atom. The van der Waals surface area contributed by atoms with Crippen molar-refractivity contribution in [2.45, 2.75) is 19.3 Å². The lowest BCUT2D eigenvalue weighted by atomic mass is 10.0. The third kappa shape index (κ3) is 6.70. The van der Waals surface area contributed by atoms with Crippen LogP contribution in [0.1, 0.15) is 19.3 Å². The second-order valence-electron chi connectivity index (χ2n) is 4.90. The van der Waals surface area contributed by atoms with E-state index in [0.717, 1.165) is 0 Å². The van der Waals surface area contributed by atoms with Gasteiger partial charge in [-0.05, 0) is 18.8 Å². The summed E-state index contributed by atoms with van der Waals surface area (Å²) in [6.07, 6.45) is 1.15. The Hall–Kier alpha value is -0.750. The molecule has 0 aromatic heterocycles. The molecule has 11 heteroatoms. The highest BCUT2D eigenvalue weighted by atomic mass is 32.2. The van der Waals surface area contributed by atoms with Crippen LogP contribution in [0.5, 0.6) is 0 Å². The number of piperidine rings is 1. The number of hydrogen-bond donors (Lipinski definition) is 2. The molecular formula is C10H21N3O6S2. The average Bonchev–Trinajstić information content (AvgIpc) is 2.42. The van der Waals surface area contributed by atoms with Crippen LogP contribution >= 0.6 is 0 Å². The van der Waals surface area contributed by atoms with E-state index in [1.165, 1.54) is 11.4 Å². The molecule has 1 aliphatic heterocycles. The Morgan fingerprint density at radius 3 is 2.62 bits per heavy atom. The summed E-state index contributed by atoms with van der Waals surface area (Å²) in [7, 11) is -6.13. The van der Waals surface area contributed by atoms with Crippen molar-refractivity contribution in [2.75, 3.05) is 32.5 Å². The van der Waals surface area contributed by atoms with Crippen LogP contribution in [0.2, 0.25) is 0 Å². The smallest absolute Gasteiger partial charge is 0.306 e. The van der Waals surface area contributed by atoms with Gasteiger partial charge in [-0.3, -0.25) is 4.79 Å². The predicted molar refractivity (Wildman–Crippen MR) is 75.8 cm³/mol. The summed E-state index contributed by atoms with van der Waals surface area (Å²) in [5.74, 6) is -1.03. The molecule has 0 radical (unpaired) electrons. The van der Waals surface area contributed by atoms with Crippen LogP contribution in [0.25, 0.3) is 0 Å². The van der Waals surface area contributed by atoms with Crippen molar-refractivity contribution in [3.05, 3.63) is 0 Å². The zero-order chi connectivity index (χ0) is 16.1. The Balaban J connectivity index is 2.56. The highest BCUT2D eigenvalue weighted by Gasteiger charge is 2.29. The van der Waals surface area contributed by atoms with E-state index < -0.39 is 26.2 Å². The minimum atomic E-state index is -3.78. The number of methoxy groups -OCH3 is 1. The summed E-state index contributed by atoms with van der Waals surface area (Å²) in [4.78, 5) is 11.0. The normalized spacial score (nSPS) is 21.1. The zero-order valence-electron chi connectivity index (χ0n) is 11.8. The van der Waals surface area contributed by atoms with Gasteiger partial charge in [-0.2, -0.15) is 8.42 Å². The van der Waals surface area contributed by atoms with E-state index >= 15 is 0 Å². The van der Waals surface area contributed by atoms with Gasteiger partial charge in [0.25, 0.3) is 10.2 Å². The molecule has 1 rings (SSSR count). The lowest BCUT2D eigenvalue weighted by molar-refractivity contribution is -0.140. The summed E-state index contributed by atoms with van der Waals surface area (Å²) < 4.78 is 53.8. The second-order valence-corrected chi connectivity index (χ2v) is 8.37. The van der Waals surface area contributed by atoms with Crippen LogP contribution in [0, 0.1) is 5.92 Å². The van der Waals surface area contributed by atoms with Gasteiger partial charge in [-0.15, -0.1) is 0 Å². The highest BCUT2D eigenvalue weighted by Crippen LogP contribution is 2.19. The minimum absolute atomic E-state index is 0.0991. The largest absolute Gasteiger partial charge is 0.469 e. The first-order chi connectivity index (χ1) is 9.64. The van der Waals surface area contributed by atoms with Gasteiger partial charge in [0.15, 0.2) is 0 Å². The van der Waals surface area contributed by atoms with Crippen molar-refractivity contribution in [1.82, 2.24) is 9.03 Å². The number of nitrogens with two attached hydrogens (primary N) is 1. The van der Waals surface area contributed by atoms with E-state index in [2.05, 4.69) is 9.46 Å². The van der Waals surface area contributed by atoms with Crippen LogP contribution in [-0.4, -0.2) is 59.6 Å². The topological polar surface area (TPSA) is 136 Å². The van der Waals surface area contributed by atoms with E-state index in [1.807, 2.05) is 0 Å². The average molecular weight is 343 g/mol. The SMILES string of the molecule is COC(=O)CCS(=O)(=O)N1CCCC(CNS(N)(=O)=O)C1. The van der Waals surface area contributed by atoms with Gasteiger partial charge in [0.2, 0.25) is 10.0 Å². The molecule has 1 unspecified atom stereocenters. The number of esters is 1. The summed E-state index contributed by atoms with van der Waals surface area (Å²) in [6, 6.07) is 0. The van der Waals surface area contributed by atoms with E-state index in [0.29, 0.717) is 19.4 Å². The van der Waals surface area contributed by atoms with E-state index in [4.69, 9.17) is 5.14 Å². The maximum atomic E-state index is 12.1. The van der Waals surface area contributed by atoms with Gasteiger partial charge in [0, 0.05) is 19.6 Å². The number of nitrogens with zero attached hydrogens (tertiary/aromatic N) is 1. The molecule has 124 valence electrons. The Morgan fingerprint density at radius 1 is 1.38 bits per heavy atom. The molecule has 1 saturated heterocycles. The Kier molecular flexibility index (Phi) is 6.53. The number of hydrogen-bond acceptors (Lipinski definition) is 6. The van der Waals surface area contributed by atoms with Gasteiger partial charge >= 0.3 is 5.97 Å². The van der Waals surface area contributed by atoms with Crippen molar-refractivity contribution in [1.29, 1.82) is 0 Å². The molecule has 3 N–H and O–H groups in total. The minimum Gasteiger partial charge on any atom is -0.469 e. The summed E-state index contributed by atoms with van der Waals surface area (Å²) >= 11 is 0. The maximum Gasteiger partial charge on any atom is 0.306 e. The second kappa shape index (κ2) is 7.49. The molecule has 0 saturated carbocycles. The fourth-order valence-corrected chi connectivity index (χ4v) is 4.12. The first-order valence-electron chi connectivity index (χ1n) is 6.46. The first-order valence-corrected chi connectivity index (χ1v) is 9.61. The van der Waals surface area contributed by atoms with Crippen LogP contribution < -0.4 is 9.86 Å². The molecule has 0 bridgehead atoms. The number of nitrogens with one attached hydrogen (secondary N) is 1. The first kappa shape index (κ1) is 18.3. The van der Waals surface area contributed by atoms with E-state index in [-0.39, 0.29) is 31.2 Å². The van der Waals surface area contributed by atoms with Gasteiger partial charge in [0.1, 0.15) is 0 Å². The molecule has 0 spiro atoms. The molecule has 1 atom stereocenters. The maximum absolute atomic E-state index is 12.1. The van der Waals surface area contributed by atoms with Crippen molar-refractivity contribution in [3.63, 3.8) is 0 Å². The summed E-state index contributed by atoms with van der Waals surface area (Å²) in [5.41, 5.74) is 0. The standard InChI is InChI=1S/C10H21N3O6S2/c1-19-10(14)4-6-20(15,16)13-5-2-3-9(8-13)7-12-21(11,17)18/h9,12H,2-8H2,1H3,(H2,11,17,18). The highest BCUT2D eigenvalue weighted by molar-refractivity contribution is 7.89. The predicted octanol–water partition coefficient (Wildman–Crippen LogP) is -1.62. The Bertz CT molecular complexity index is 559. The third-order valence-electron chi connectivity index (χ3n) is 3.24. The van der Waals surface area contributed by atoms with E-state index in [1.54, 1.807) is 0 Å².